The summed E-state index contributed by atoms with van der Waals surface area (Å²) in [7, 11) is 0. The Bertz CT molecular complexity index is 424. The number of nitrogens with one attached hydrogen (secondary N) is 1. The molecular weight excluding hydrogens is 236 g/mol. The molecule has 0 radical (unpaired) electrons. The number of hydrogen-bond acceptors (Lipinski definition) is 4. The minimum Gasteiger partial charge on any atom is -0.480 e. The van der Waals surface area contributed by atoms with Gasteiger partial charge in [0.2, 0.25) is 5.91 Å². The second-order valence-corrected chi connectivity index (χ2v) is 4.59. The van der Waals surface area contributed by atoms with Crippen LogP contribution in [0, 0.1) is 0 Å². The van der Waals surface area contributed by atoms with Gasteiger partial charge in [-0.15, -0.1) is 0 Å². The standard InChI is InChI=1S/C11H16N4O3/c16-9(6-15-8-12-7-13-15)14-11(10(17)18)4-2-1-3-5-11/h7-8H,1-6H2,(H,14,16)(H,17,18). The molecule has 18 heavy (non-hydrogen) atoms. The van der Waals surface area contributed by atoms with Crippen molar-refractivity contribution < 1.29 is 14.7 Å². The Balaban J connectivity index is 2.00. The zero-order valence-electron chi connectivity index (χ0n) is 10.0. The van der Waals surface area contributed by atoms with E-state index in [9.17, 15) is 14.7 Å². The highest BCUT2D eigenvalue weighted by molar-refractivity contribution is 5.86. The number of carboxylic acids is 1. The van der Waals surface area contributed by atoms with Gasteiger partial charge in [-0.05, 0) is 12.8 Å². The van der Waals surface area contributed by atoms with Crippen molar-refractivity contribution in [1.29, 1.82) is 0 Å². The van der Waals surface area contributed by atoms with Crippen molar-refractivity contribution in [1.82, 2.24) is 20.1 Å². The molecule has 1 aromatic heterocycles. The van der Waals surface area contributed by atoms with Gasteiger partial charge in [-0.1, -0.05) is 19.3 Å². The summed E-state index contributed by atoms with van der Waals surface area (Å²) >= 11 is 0. The number of amides is 1. The van der Waals surface area contributed by atoms with E-state index in [1.54, 1.807) is 0 Å². The molecule has 0 aromatic carbocycles. The highest BCUT2D eigenvalue weighted by Crippen LogP contribution is 2.28. The van der Waals surface area contributed by atoms with E-state index < -0.39 is 11.5 Å². The van der Waals surface area contributed by atoms with E-state index in [0.717, 1.165) is 19.3 Å². The second kappa shape index (κ2) is 5.16. The Hall–Kier alpha value is -1.92. The van der Waals surface area contributed by atoms with Crippen molar-refractivity contribution in [3.8, 4) is 0 Å². The largest absolute Gasteiger partial charge is 0.480 e. The first-order valence-electron chi connectivity index (χ1n) is 5.99. The molecule has 1 amide bonds. The fourth-order valence-electron chi connectivity index (χ4n) is 2.32. The first-order chi connectivity index (χ1) is 8.62. The van der Waals surface area contributed by atoms with Crippen LogP contribution in [-0.2, 0) is 16.1 Å². The molecule has 0 spiro atoms. The van der Waals surface area contributed by atoms with Gasteiger partial charge in [-0.25, -0.2) is 14.5 Å². The summed E-state index contributed by atoms with van der Waals surface area (Å²) in [5.74, 6) is -1.29. The molecule has 2 rings (SSSR count). The van der Waals surface area contributed by atoms with Gasteiger partial charge in [0.1, 0.15) is 24.7 Å². The molecule has 98 valence electrons. The average molecular weight is 252 g/mol. The minimum absolute atomic E-state index is 0.00493. The monoisotopic (exact) mass is 252 g/mol. The van der Waals surface area contributed by atoms with Crippen LogP contribution in [0.25, 0.3) is 0 Å². The molecule has 7 nitrogen and oxygen atoms in total. The lowest BCUT2D eigenvalue weighted by Crippen LogP contribution is -2.56. The van der Waals surface area contributed by atoms with E-state index in [1.807, 2.05) is 0 Å². The number of carbonyl (C=O) groups excluding carboxylic acids is 1. The maximum atomic E-state index is 11.8. The van der Waals surface area contributed by atoms with E-state index in [-0.39, 0.29) is 12.5 Å². The van der Waals surface area contributed by atoms with Gasteiger partial charge in [0.15, 0.2) is 0 Å². The van der Waals surface area contributed by atoms with Crippen molar-refractivity contribution in [2.75, 3.05) is 0 Å². The molecule has 0 aliphatic heterocycles. The zero-order valence-corrected chi connectivity index (χ0v) is 10.0. The van der Waals surface area contributed by atoms with Crippen LogP contribution in [0.15, 0.2) is 12.7 Å². The SMILES string of the molecule is O=C(Cn1cncn1)NC1(C(=O)O)CCCCC1. The topological polar surface area (TPSA) is 97.1 Å². The van der Waals surface area contributed by atoms with Gasteiger partial charge < -0.3 is 10.4 Å². The molecule has 1 heterocycles. The third-order valence-corrected chi connectivity index (χ3v) is 3.27. The summed E-state index contributed by atoms with van der Waals surface area (Å²) in [5, 5.41) is 15.8. The van der Waals surface area contributed by atoms with Crippen LogP contribution < -0.4 is 5.32 Å². The van der Waals surface area contributed by atoms with E-state index in [0.29, 0.717) is 12.8 Å². The number of carboxylic acid groups (broad SMARTS) is 1. The Morgan fingerprint density at radius 2 is 2.06 bits per heavy atom. The summed E-state index contributed by atoms with van der Waals surface area (Å²) in [5.41, 5.74) is -1.10. The summed E-state index contributed by atoms with van der Waals surface area (Å²) in [6, 6.07) is 0. The lowest BCUT2D eigenvalue weighted by Gasteiger charge is -2.33. The van der Waals surface area contributed by atoms with Gasteiger partial charge in [0.05, 0.1) is 0 Å². The van der Waals surface area contributed by atoms with Gasteiger partial charge >= 0.3 is 5.97 Å². The van der Waals surface area contributed by atoms with Crippen molar-refractivity contribution in [3.05, 3.63) is 12.7 Å². The Morgan fingerprint density at radius 1 is 1.33 bits per heavy atom. The zero-order chi connectivity index (χ0) is 13.0. The van der Waals surface area contributed by atoms with Gasteiger partial charge in [0, 0.05) is 0 Å². The van der Waals surface area contributed by atoms with Crippen molar-refractivity contribution in [2.45, 2.75) is 44.2 Å². The molecule has 1 saturated carbocycles. The molecule has 1 aliphatic rings. The fourth-order valence-corrected chi connectivity index (χ4v) is 2.32. The second-order valence-electron chi connectivity index (χ2n) is 4.59. The van der Waals surface area contributed by atoms with E-state index in [1.165, 1.54) is 17.3 Å². The van der Waals surface area contributed by atoms with Crippen LogP contribution in [0.4, 0.5) is 0 Å². The van der Waals surface area contributed by atoms with Crippen LogP contribution in [0.1, 0.15) is 32.1 Å². The molecule has 0 unspecified atom stereocenters. The van der Waals surface area contributed by atoms with Crippen molar-refractivity contribution >= 4 is 11.9 Å². The Labute approximate surface area is 104 Å². The average Bonchev–Trinajstić information content (AvgIpc) is 2.82. The fraction of sp³-hybridized carbons (Fsp3) is 0.636. The third kappa shape index (κ3) is 2.66. The number of hydrogen-bond donors (Lipinski definition) is 2. The summed E-state index contributed by atoms with van der Waals surface area (Å²) in [4.78, 5) is 26.9. The quantitative estimate of drug-likeness (QED) is 0.796. The van der Waals surface area contributed by atoms with E-state index >= 15 is 0 Å². The minimum atomic E-state index is -1.10. The molecule has 1 fully saturated rings. The third-order valence-electron chi connectivity index (χ3n) is 3.27. The highest BCUT2D eigenvalue weighted by Gasteiger charge is 2.40. The van der Waals surface area contributed by atoms with E-state index in [2.05, 4.69) is 15.4 Å². The Kier molecular flexibility index (Phi) is 3.59. The maximum absolute atomic E-state index is 11.8. The normalized spacial score (nSPS) is 18.2. The molecule has 1 aliphatic carbocycles. The first kappa shape index (κ1) is 12.5. The smallest absolute Gasteiger partial charge is 0.329 e. The van der Waals surface area contributed by atoms with Crippen LogP contribution >= 0.6 is 0 Å². The molecular formula is C11H16N4O3. The number of rotatable bonds is 4. The molecule has 0 bridgehead atoms. The summed E-state index contributed by atoms with van der Waals surface area (Å²) in [6.45, 7) is -0.00493. The molecule has 2 N–H and O–H groups in total. The number of aromatic nitrogens is 3. The molecule has 0 saturated heterocycles. The summed E-state index contributed by atoms with van der Waals surface area (Å²) in [6.07, 6.45) is 6.42. The predicted molar refractivity (Wildman–Crippen MR) is 61.6 cm³/mol. The van der Waals surface area contributed by atoms with Gasteiger partial charge in [-0.3, -0.25) is 4.79 Å². The van der Waals surface area contributed by atoms with Crippen LogP contribution in [0.5, 0.6) is 0 Å². The van der Waals surface area contributed by atoms with Crippen molar-refractivity contribution in [3.63, 3.8) is 0 Å². The number of carbonyl (C=O) groups is 2. The highest BCUT2D eigenvalue weighted by atomic mass is 16.4. The lowest BCUT2D eigenvalue weighted by atomic mass is 9.81. The Morgan fingerprint density at radius 3 is 2.61 bits per heavy atom. The van der Waals surface area contributed by atoms with Crippen molar-refractivity contribution in [2.24, 2.45) is 0 Å². The lowest BCUT2D eigenvalue weighted by molar-refractivity contribution is -0.149. The molecule has 0 atom stereocenters. The molecule has 7 heteroatoms. The maximum Gasteiger partial charge on any atom is 0.329 e. The van der Waals surface area contributed by atoms with Crippen LogP contribution in [0.2, 0.25) is 0 Å². The van der Waals surface area contributed by atoms with E-state index in [4.69, 9.17) is 0 Å². The van der Waals surface area contributed by atoms with Crippen LogP contribution in [0.3, 0.4) is 0 Å². The van der Waals surface area contributed by atoms with Gasteiger partial charge in [0.25, 0.3) is 0 Å². The molecule has 1 aromatic rings. The van der Waals surface area contributed by atoms with Crippen LogP contribution in [-0.4, -0.2) is 37.3 Å². The number of aliphatic carboxylic acids is 1. The van der Waals surface area contributed by atoms with Gasteiger partial charge in [-0.2, -0.15) is 5.10 Å². The number of nitrogens with zero attached hydrogens (tertiary/aromatic N) is 3. The summed E-state index contributed by atoms with van der Waals surface area (Å²) < 4.78 is 1.37. The predicted octanol–water partition coefficient (Wildman–Crippen LogP) is 0.182. The first-order valence-corrected chi connectivity index (χ1v) is 5.99.